The molecule has 1 heterocycles. The smallest absolute Gasteiger partial charge is 0.224 e. The van der Waals surface area contributed by atoms with E-state index < -0.39 is 0 Å². The number of rotatable bonds is 7. The van der Waals surface area contributed by atoms with Crippen LogP contribution in [0.5, 0.6) is 5.75 Å². The Balaban J connectivity index is 1.42. The highest BCUT2D eigenvalue weighted by Crippen LogP contribution is 2.22. The molecule has 1 N–H and O–H groups in total. The third-order valence-corrected chi connectivity index (χ3v) is 4.64. The number of amides is 1. The van der Waals surface area contributed by atoms with Crippen LogP contribution in [0.2, 0.25) is 0 Å². The molecular weight excluding hydrogens is 343 g/mol. The monoisotopic (exact) mass is 368 g/mol. The first-order valence-corrected chi connectivity index (χ1v) is 9.34. The summed E-state index contributed by atoms with van der Waals surface area (Å²) in [5.41, 5.74) is 3.16. The first kappa shape index (κ1) is 19.1. The minimum absolute atomic E-state index is 0.00169. The molecule has 0 radical (unpaired) electrons. The molecular formula is C22H25FN2O2. The summed E-state index contributed by atoms with van der Waals surface area (Å²) in [4.78, 5) is 13.7. The van der Waals surface area contributed by atoms with Gasteiger partial charge in [-0.3, -0.25) is 9.69 Å². The predicted octanol–water partition coefficient (Wildman–Crippen LogP) is 4.34. The van der Waals surface area contributed by atoms with E-state index in [4.69, 9.17) is 4.74 Å². The minimum Gasteiger partial charge on any atom is -0.492 e. The summed E-state index contributed by atoms with van der Waals surface area (Å²) in [7, 11) is 0. The van der Waals surface area contributed by atoms with Gasteiger partial charge in [-0.05, 0) is 54.0 Å². The van der Waals surface area contributed by atoms with Crippen LogP contribution in [0, 0.1) is 5.82 Å². The van der Waals surface area contributed by atoms with Crippen LogP contribution in [0.3, 0.4) is 0 Å². The van der Waals surface area contributed by atoms with E-state index in [9.17, 15) is 9.18 Å². The first-order valence-electron chi connectivity index (χ1n) is 9.34. The third kappa shape index (κ3) is 5.66. The molecule has 1 aliphatic rings. The quantitative estimate of drug-likeness (QED) is 0.790. The SMILES string of the molecule is CCC(=O)Nc1ccc(OCCN2CC=C(c3ccc(F)cc3)CC2)cc1. The topological polar surface area (TPSA) is 41.6 Å². The van der Waals surface area contributed by atoms with Gasteiger partial charge in [0.05, 0.1) is 0 Å². The second kappa shape index (κ2) is 9.33. The number of nitrogens with one attached hydrogen (secondary N) is 1. The van der Waals surface area contributed by atoms with Gasteiger partial charge in [-0.1, -0.05) is 25.1 Å². The van der Waals surface area contributed by atoms with Gasteiger partial charge in [0.1, 0.15) is 18.2 Å². The molecule has 0 aromatic heterocycles. The molecule has 0 fully saturated rings. The molecule has 0 atom stereocenters. The fourth-order valence-corrected chi connectivity index (χ4v) is 3.02. The van der Waals surface area contributed by atoms with Gasteiger partial charge in [0.15, 0.2) is 0 Å². The van der Waals surface area contributed by atoms with Crippen LogP contribution < -0.4 is 10.1 Å². The zero-order valence-corrected chi connectivity index (χ0v) is 15.6. The average molecular weight is 368 g/mol. The lowest BCUT2D eigenvalue weighted by Gasteiger charge is -2.26. The van der Waals surface area contributed by atoms with E-state index in [1.165, 1.54) is 17.7 Å². The minimum atomic E-state index is -0.199. The Kier molecular flexibility index (Phi) is 6.60. The standard InChI is InChI=1S/C22H25FN2O2/c1-2-22(26)24-20-7-9-21(10-8-20)27-16-15-25-13-11-18(12-14-25)17-3-5-19(23)6-4-17/h3-11H,2,12-16H2,1H3,(H,24,26). The van der Waals surface area contributed by atoms with Gasteiger partial charge in [0.25, 0.3) is 0 Å². The van der Waals surface area contributed by atoms with E-state index in [1.54, 1.807) is 0 Å². The van der Waals surface area contributed by atoms with E-state index in [1.807, 2.05) is 43.3 Å². The molecule has 1 aliphatic heterocycles. The molecule has 142 valence electrons. The van der Waals surface area contributed by atoms with Crippen LogP contribution in [-0.4, -0.2) is 37.0 Å². The first-order chi connectivity index (χ1) is 13.1. The van der Waals surface area contributed by atoms with Gasteiger partial charge in [-0.2, -0.15) is 0 Å². The fourth-order valence-electron chi connectivity index (χ4n) is 3.02. The highest BCUT2D eigenvalue weighted by Gasteiger charge is 2.13. The summed E-state index contributed by atoms with van der Waals surface area (Å²) in [5.74, 6) is 0.598. The number of hydrogen-bond donors (Lipinski definition) is 1. The summed E-state index contributed by atoms with van der Waals surface area (Å²) >= 11 is 0. The normalized spacial score (nSPS) is 14.5. The lowest BCUT2D eigenvalue weighted by molar-refractivity contribution is -0.115. The number of anilines is 1. The summed E-state index contributed by atoms with van der Waals surface area (Å²) < 4.78 is 18.8. The zero-order valence-electron chi connectivity index (χ0n) is 15.6. The number of carbonyl (C=O) groups is 1. The second-order valence-electron chi connectivity index (χ2n) is 6.56. The number of halogens is 1. The summed E-state index contributed by atoms with van der Waals surface area (Å²) in [5, 5.41) is 2.82. The van der Waals surface area contributed by atoms with Crippen molar-refractivity contribution in [3.8, 4) is 5.75 Å². The molecule has 2 aromatic rings. The lowest BCUT2D eigenvalue weighted by atomic mass is 9.99. The van der Waals surface area contributed by atoms with Gasteiger partial charge < -0.3 is 10.1 Å². The number of ether oxygens (including phenoxy) is 1. The molecule has 2 aromatic carbocycles. The van der Waals surface area contributed by atoms with Crippen LogP contribution in [0.25, 0.3) is 5.57 Å². The summed E-state index contributed by atoms with van der Waals surface area (Å²) in [6.07, 6.45) is 3.63. The largest absolute Gasteiger partial charge is 0.492 e. The molecule has 0 saturated carbocycles. The molecule has 5 heteroatoms. The molecule has 3 rings (SSSR count). The highest BCUT2D eigenvalue weighted by atomic mass is 19.1. The molecule has 0 saturated heterocycles. The number of nitrogens with zero attached hydrogens (tertiary/aromatic N) is 1. The predicted molar refractivity (Wildman–Crippen MR) is 106 cm³/mol. The van der Waals surface area contributed by atoms with E-state index in [0.717, 1.165) is 43.1 Å². The van der Waals surface area contributed by atoms with Crippen LogP contribution in [0.15, 0.2) is 54.6 Å². The highest BCUT2D eigenvalue weighted by molar-refractivity contribution is 5.90. The van der Waals surface area contributed by atoms with Crippen molar-refractivity contribution in [2.75, 3.05) is 31.6 Å². The fraction of sp³-hybridized carbons (Fsp3) is 0.318. The van der Waals surface area contributed by atoms with Crippen LogP contribution >= 0.6 is 0 Å². The molecule has 0 spiro atoms. The Bertz CT molecular complexity index is 785. The van der Waals surface area contributed by atoms with Crippen molar-refractivity contribution < 1.29 is 13.9 Å². The van der Waals surface area contributed by atoms with Gasteiger partial charge in [-0.15, -0.1) is 0 Å². The van der Waals surface area contributed by atoms with Gasteiger partial charge >= 0.3 is 0 Å². The van der Waals surface area contributed by atoms with E-state index in [0.29, 0.717) is 13.0 Å². The van der Waals surface area contributed by atoms with Gasteiger partial charge in [0, 0.05) is 31.7 Å². The maximum absolute atomic E-state index is 13.0. The van der Waals surface area contributed by atoms with Gasteiger partial charge in [0.2, 0.25) is 5.91 Å². The number of hydrogen-bond acceptors (Lipinski definition) is 3. The molecule has 27 heavy (non-hydrogen) atoms. The van der Waals surface area contributed by atoms with Crippen LogP contribution in [0.1, 0.15) is 25.3 Å². The Morgan fingerprint density at radius 2 is 1.89 bits per heavy atom. The lowest BCUT2D eigenvalue weighted by Crippen LogP contribution is -2.32. The van der Waals surface area contributed by atoms with E-state index in [2.05, 4.69) is 16.3 Å². The van der Waals surface area contributed by atoms with Crippen molar-refractivity contribution in [2.45, 2.75) is 19.8 Å². The molecule has 4 nitrogen and oxygen atoms in total. The number of benzene rings is 2. The van der Waals surface area contributed by atoms with Gasteiger partial charge in [-0.25, -0.2) is 4.39 Å². The number of carbonyl (C=O) groups excluding carboxylic acids is 1. The van der Waals surface area contributed by atoms with Crippen molar-refractivity contribution in [1.82, 2.24) is 4.90 Å². The molecule has 0 bridgehead atoms. The van der Waals surface area contributed by atoms with Crippen LogP contribution in [-0.2, 0) is 4.79 Å². The van der Waals surface area contributed by atoms with Crippen molar-refractivity contribution in [1.29, 1.82) is 0 Å². The summed E-state index contributed by atoms with van der Waals surface area (Å²) in [6, 6.07) is 14.1. The summed E-state index contributed by atoms with van der Waals surface area (Å²) in [6.45, 7) is 5.12. The Hall–Kier alpha value is -2.66. The average Bonchev–Trinajstić information content (AvgIpc) is 2.70. The van der Waals surface area contributed by atoms with E-state index in [-0.39, 0.29) is 11.7 Å². The van der Waals surface area contributed by atoms with E-state index >= 15 is 0 Å². The van der Waals surface area contributed by atoms with Crippen LogP contribution in [0.4, 0.5) is 10.1 Å². The van der Waals surface area contributed by atoms with Crippen molar-refractivity contribution in [3.63, 3.8) is 0 Å². The second-order valence-corrected chi connectivity index (χ2v) is 6.56. The zero-order chi connectivity index (χ0) is 19.1. The Morgan fingerprint density at radius 1 is 1.15 bits per heavy atom. The maximum atomic E-state index is 13.0. The van der Waals surface area contributed by atoms with Crippen molar-refractivity contribution in [3.05, 3.63) is 66.0 Å². The maximum Gasteiger partial charge on any atom is 0.224 e. The third-order valence-electron chi connectivity index (χ3n) is 4.64. The van der Waals surface area contributed by atoms with Crippen molar-refractivity contribution in [2.24, 2.45) is 0 Å². The molecule has 0 aliphatic carbocycles. The Morgan fingerprint density at radius 3 is 2.52 bits per heavy atom. The Labute approximate surface area is 159 Å². The van der Waals surface area contributed by atoms with Crippen molar-refractivity contribution >= 4 is 17.2 Å². The molecule has 1 amide bonds. The molecule has 0 unspecified atom stereocenters.